The Labute approximate surface area is 178 Å². The molecule has 1 unspecified atom stereocenters. The van der Waals surface area contributed by atoms with Gasteiger partial charge in [0.2, 0.25) is 0 Å². The van der Waals surface area contributed by atoms with Gasteiger partial charge in [-0.2, -0.15) is 0 Å². The Morgan fingerprint density at radius 3 is 2.27 bits per heavy atom. The molecule has 0 bridgehead atoms. The van der Waals surface area contributed by atoms with Gasteiger partial charge in [0.1, 0.15) is 17.3 Å². The second kappa shape index (κ2) is 7.07. The first-order chi connectivity index (χ1) is 14.0. The molecule has 5 heteroatoms. The van der Waals surface area contributed by atoms with Gasteiger partial charge in [0.05, 0.1) is 20.1 Å². The van der Waals surface area contributed by atoms with E-state index in [0.29, 0.717) is 29.9 Å². The number of Topliss-reactive ketones (excluding diaryl/α,β-unsaturated/α-hetero) is 2. The van der Waals surface area contributed by atoms with Crippen molar-refractivity contribution in [2.45, 2.75) is 59.3 Å². The van der Waals surface area contributed by atoms with E-state index in [4.69, 9.17) is 14.5 Å². The lowest BCUT2D eigenvalue weighted by Gasteiger charge is -2.44. The average Bonchev–Trinajstić information content (AvgIpc) is 2.63. The number of carbonyl (C=O) groups excluding carboxylic acids is 2. The van der Waals surface area contributed by atoms with Crippen LogP contribution in [-0.2, 0) is 9.59 Å². The molecule has 3 aliphatic rings. The summed E-state index contributed by atoms with van der Waals surface area (Å²) in [5, 5.41) is 0. The van der Waals surface area contributed by atoms with Gasteiger partial charge in [-0.1, -0.05) is 27.7 Å². The highest BCUT2D eigenvalue weighted by Gasteiger charge is 2.50. The number of benzene rings is 1. The number of hydrogen-bond donors (Lipinski definition) is 0. The average molecular weight is 410 g/mol. The van der Waals surface area contributed by atoms with Gasteiger partial charge in [-0.15, -0.1) is 0 Å². The van der Waals surface area contributed by atoms with Gasteiger partial charge in [-0.25, -0.2) is 0 Å². The fraction of sp³-hybridized carbons (Fsp3) is 0.560. The second-order valence-corrected chi connectivity index (χ2v) is 10.5. The first-order valence-corrected chi connectivity index (χ1v) is 10.6. The summed E-state index contributed by atoms with van der Waals surface area (Å²) >= 11 is 0. The molecular formula is C25H31NO4. The molecule has 1 saturated carbocycles. The Morgan fingerprint density at radius 2 is 1.60 bits per heavy atom. The second-order valence-electron chi connectivity index (χ2n) is 10.5. The van der Waals surface area contributed by atoms with Crippen LogP contribution in [0.4, 0.5) is 0 Å². The smallest absolute Gasteiger partial charge is 0.161 e. The molecule has 0 saturated heterocycles. The van der Waals surface area contributed by atoms with Crippen LogP contribution in [0.2, 0.25) is 0 Å². The van der Waals surface area contributed by atoms with Crippen LogP contribution in [0.5, 0.6) is 11.5 Å². The lowest BCUT2D eigenvalue weighted by Crippen LogP contribution is -2.45. The molecule has 1 fully saturated rings. The minimum absolute atomic E-state index is 0.0940. The van der Waals surface area contributed by atoms with Crippen LogP contribution in [0.1, 0.15) is 64.9 Å². The number of hydrogen-bond acceptors (Lipinski definition) is 5. The minimum Gasteiger partial charge on any atom is -0.497 e. The Balaban J connectivity index is 1.96. The number of aliphatic imine (C=N–C) groups is 1. The van der Waals surface area contributed by atoms with Crippen LogP contribution in [-0.4, -0.2) is 31.5 Å². The molecule has 0 spiro atoms. The molecule has 4 rings (SSSR count). The molecule has 1 heterocycles. The Bertz CT molecular complexity index is 983. The van der Waals surface area contributed by atoms with E-state index in [1.807, 2.05) is 18.2 Å². The predicted octanol–water partition coefficient (Wildman–Crippen LogP) is 4.89. The zero-order chi connectivity index (χ0) is 21.8. The van der Waals surface area contributed by atoms with Crippen molar-refractivity contribution in [1.29, 1.82) is 0 Å². The Hall–Kier alpha value is -2.43. The summed E-state index contributed by atoms with van der Waals surface area (Å²) in [6, 6.07) is 5.61. The van der Waals surface area contributed by atoms with Crippen molar-refractivity contribution < 1.29 is 19.1 Å². The minimum atomic E-state index is -0.414. The molecule has 30 heavy (non-hydrogen) atoms. The summed E-state index contributed by atoms with van der Waals surface area (Å²) in [5.74, 6) is 0.821. The van der Waals surface area contributed by atoms with Gasteiger partial charge in [0.15, 0.2) is 5.78 Å². The molecule has 1 aromatic carbocycles. The molecule has 2 aliphatic carbocycles. The van der Waals surface area contributed by atoms with Crippen molar-refractivity contribution in [3.63, 3.8) is 0 Å². The van der Waals surface area contributed by atoms with Gasteiger partial charge in [-0.05, 0) is 41.9 Å². The lowest BCUT2D eigenvalue weighted by atomic mass is 9.60. The van der Waals surface area contributed by atoms with E-state index in [0.717, 1.165) is 29.8 Å². The summed E-state index contributed by atoms with van der Waals surface area (Å²) < 4.78 is 11.1. The lowest BCUT2D eigenvalue weighted by molar-refractivity contribution is -0.124. The zero-order valence-corrected chi connectivity index (χ0v) is 18.8. The third-order valence-electron chi connectivity index (χ3n) is 6.61. The zero-order valence-electron chi connectivity index (χ0n) is 18.8. The highest BCUT2D eigenvalue weighted by molar-refractivity contribution is 6.13. The first kappa shape index (κ1) is 20.8. The van der Waals surface area contributed by atoms with Crippen molar-refractivity contribution in [2.24, 2.45) is 21.7 Å². The summed E-state index contributed by atoms with van der Waals surface area (Å²) in [6.45, 7) is 8.45. The number of allylic oxidation sites excluding steroid dienone is 2. The van der Waals surface area contributed by atoms with Crippen LogP contribution < -0.4 is 9.47 Å². The van der Waals surface area contributed by atoms with Gasteiger partial charge in [-0.3, -0.25) is 14.6 Å². The largest absolute Gasteiger partial charge is 0.497 e. The van der Waals surface area contributed by atoms with E-state index in [-0.39, 0.29) is 28.3 Å². The fourth-order valence-corrected chi connectivity index (χ4v) is 5.43. The maximum absolute atomic E-state index is 13.4. The molecular weight excluding hydrogens is 378 g/mol. The van der Waals surface area contributed by atoms with Gasteiger partial charge < -0.3 is 9.47 Å². The van der Waals surface area contributed by atoms with Crippen molar-refractivity contribution in [2.75, 3.05) is 14.2 Å². The normalized spacial score (nSPS) is 27.2. The van der Waals surface area contributed by atoms with Crippen molar-refractivity contribution in [3.8, 4) is 11.5 Å². The van der Waals surface area contributed by atoms with E-state index in [1.54, 1.807) is 14.2 Å². The number of rotatable bonds is 3. The van der Waals surface area contributed by atoms with Crippen LogP contribution in [0.15, 0.2) is 34.5 Å². The van der Waals surface area contributed by atoms with E-state index in [2.05, 4.69) is 27.7 Å². The highest BCUT2D eigenvalue weighted by Crippen LogP contribution is 2.53. The predicted molar refractivity (Wildman–Crippen MR) is 116 cm³/mol. The summed E-state index contributed by atoms with van der Waals surface area (Å²) in [5.41, 5.74) is 3.04. The topological polar surface area (TPSA) is 65.0 Å². The summed E-state index contributed by atoms with van der Waals surface area (Å²) in [7, 11) is 3.24. The molecule has 0 aromatic heterocycles. The monoisotopic (exact) mass is 409 g/mol. The number of methoxy groups -OCH3 is 2. The number of nitrogens with zero attached hydrogens (tertiary/aromatic N) is 1. The van der Waals surface area contributed by atoms with Gasteiger partial charge >= 0.3 is 0 Å². The van der Waals surface area contributed by atoms with Crippen molar-refractivity contribution >= 4 is 17.3 Å². The van der Waals surface area contributed by atoms with Gasteiger partial charge in [0, 0.05) is 41.3 Å². The third-order valence-corrected chi connectivity index (χ3v) is 6.61. The first-order valence-electron chi connectivity index (χ1n) is 10.6. The molecule has 5 nitrogen and oxygen atoms in total. The van der Waals surface area contributed by atoms with Crippen molar-refractivity contribution in [3.05, 3.63) is 35.0 Å². The molecule has 2 atom stereocenters. The summed E-state index contributed by atoms with van der Waals surface area (Å²) in [6.07, 6.45) is 2.45. The van der Waals surface area contributed by atoms with E-state index < -0.39 is 5.92 Å². The fourth-order valence-electron chi connectivity index (χ4n) is 5.43. The van der Waals surface area contributed by atoms with Crippen LogP contribution in [0.3, 0.4) is 0 Å². The number of ketones is 2. The molecule has 1 aliphatic heterocycles. The standard InChI is InChI=1S/C25H31NO4/c1-24(2)10-16-22(18(27)12-24)21(15-9-14(29-5)7-8-20(15)30-6)23-17(26-16)11-25(3,4)13-19(23)28/h7-9,21-22H,10-13H2,1-6H3/t21-,22?/m0/s1. The Morgan fingerprint density at radius 1 is 0.900 bits per heavy atom. The quantitative estimate of drug-likeness (QED) is 0.713. The van der Waals surface area contributed by atoms with Crippen LogP contribution in [0.25, 0.3) is 0 Å². The molecule has 0 amide bonds. The van der Waals surface area contributed by atoms with Crippen LogP contribution >= 0.6 is 0 Å². The SMILES string of the molecule is COc1ccc(OC)c([C@@H]2C3=C(CC(C)(C)CC3=O)N=C3CC(C)(C)CC(=O)C32)c1. The maximum atomic E-state index is 13.4. The van der Waals surface area contributed by atoms with Crippen molar-refractivity contribution in [1.82, 2.24) is 0 Å². The molecule has 0 N–H and O–H groups in total. The maximum Gasteiger partial charge on any atom is 0.161 e. The third kappa shape index (κ3) is 3.48. The van der Waals surface area contributed by atoms with E-state index >= 15 is 0 Å². The molecule has 160 valence electrons. The Kier molecular flexibility index (Phi) is 4.91. The summed E-state index contributed by atoms with van der Waals surface area (Å²) in [4.78, 5) is 31.8. The molecule has 1 aromatic rings. The van der Waals surface area contributed by atoms with E-state index in [9.17, 15) is 9.59 Å². The van der Waals surface area contributed by atoms with E-state index in [1.165, 1.54) is 0 Å². The van der Waals surface area contributed by atoms with Gasteiger partial charge in [0.25, 0.3) is 0 Å². The number of fused-ring (bicyclic) bond motifs is 1. The van der Waals surface area contributed by atoms with Crippen LogP contribution in [0, 0.1) is 16.7 Å². The molecule has 0 radical (unpaired) electrons. The highest BCUT2D eigenvalue weighted by atomic mass is 16.5. The number of ether oxygens (including phenoxy) is 2. The number of carbonyl (C=O) groups is 2.